The van der Waals surface area contributed by atoms with Crippen LogP contribution in [0.25, 0.3) is 0 Å². The number of nitrogens with two attached hydrogens (primary N) is 1. The maximum atomic E-state index is 5.69. The molecule has 0 unspecified atom stereocenters. The molecule has 2 N–H and O–H groups in total. The Kier molecular flexibility index (Phi) is 5.12. The van der Waals surface area contributed by atoms with Crippen LogP contribution in [0.15, 0.2) is 22.7 Å². The van der Waals surface area contributed by atoms with E-state index in [0.29, 0.717) is 19.1 Å². The molecule has 1 rings (SSSR count). The summed E-state index contributed by atoms with van der Waals surface area (Å²) < 4.78 is 6.79. The number of hydrogen-bond acceptors (Lipinski definition) is 2. The molecule has 2 nitrogen and oxygen atoms in total. The molecule has 0 aliphatic rings. The van der Waals surface area contributed by atoms with Gasteiger partial charge in [0.25, 0.3) is 0 Å². The zero-order valence-corrected chi connectivity index (χ0v) is 10.9. The third-order valence-corrected chi connectivity index (χ3v) is 2.69. The van der Waals surface area contributed by atoms with Gasteiger partial charge in [0, 0.05) is 4.47 Å². The molecule has 0 spiro atoms. The molecule has 0 radical (unpaired) electrons. The summed E-state index contributed by atoms with van der Waals surface area (Å²) in [6, 6.07) is 6.13. The Bertz CT molecular complexity index is 312. The molecular weight excluding hydrogens is 254 g/mol. The number of benzene rings is 1. The van der Waals surface area contributed by atoms with Crippen molar-refractivity contribution in [1.82, 2.24) is 0 Å². The molecule has 0 atom stereocenters. The van der Waals surface area contributed by atoms with Crippen molar-refractivity contribution >= 4 is 15.9 Å². The van der Waals surface area contributed by atoms with Gasteiger partial charge in [-0.25, -0.2) is 0 Å². The molecule has 1 aromatic carbocycles. The van der Waals surface area contributed by atoms with E-state index in [1.165, 1.54) is 5.56 Å². The van der Waals surface area contributed by atoms with Crippen LogP contribution < -0.4 is 10.5 Å². The zero-order valence-electron chi connectivity index (χ0n) is 9.29. The van der Waals surface area contributed by atoms with Crippen LogP contribution in [0.2, 0.25) is 0 Å². The molecule has 0 bridgehead atoms. The normalized spacial score (nSPS) is 10.7. The van der Waals surface area contributed by atoms with Crippen LogP contribution in [-0.4, -0.2) is 13.2 Å². The topological polar surface area (TPSA) is 35.2 Å². The minimum atomic E-state index is 0.468. The molecule has 0 aliphatic heterocycles. The summed E-state index contributed by atoms with van der Waals surface area (Å²) in [7, 11) is 0. The summed E-state index contributed by atoms with van der Waals surface area (Å²) in [4.78, 5) is 0. The van der Waals surface area contributed by atoms with Crippen molar-refractivity contribution in [2.24, 2.45) is 5.73 Å². The Balaban J connectivity index is 2.77. The predicted octanol–water partition coefficient (Wildman–Crippen LogP) is 3.30. The van der Waals surface area contributed by atoms with Gasteiger partial charge in [0.15, 0.2) is 0 Å². The highest BCUT2D eigenvalue weighted by molar-refractivity contribution is 9.10. The first-order valence-corrected chi connectivity index (χ1v) is 6.06. The van der Waals surface area contributed by atoms with Crippen molar-refractivity contribution in [2.45, 2.75) is 26.2 Å². The lowest BCUT2D eigenvalue weighted by molar-refractivity contribution is 0.309. The van der Waals surface area contributed by atoms with Gasteiger partial charge in [-0.2, -0.15) is 0 Å². The number of ether oxygens (including phenoxy) is 1. The van der Waals surface area contributed by atoms with E-state index in [2.05, 4.69) is 35.8 Å². The lowest BCUT2D eigenvalue weighted by Crippen LogP contribution is -2.07. The molecule has 3 heteroatoms. The SMILES string of the molecule is CC(C)c1cc(Br)ccc1OCCCN. The van der Waals surface area contributed by atoms with E-state index in [9.17, 15) is 0 Å². The van der Waals surface area contributed by atoms with Crippen LogP contribution in [0.3, 0.4) is 0 Å². The number of rotatable bonds is 5. The summed E-state index contributed by atoms with van der Waals surface area (Å²) in [6.07, 6.45) is 0.896. The van der Waals surface area contributed by atoms with Gasteiger partial charge in [0.1, 0.15) is 5.75 Å². The van der Waals surface area contributed by atoms with Gasteiger partial charge in [-0.15, -0.1) is 0 Å². The Labute approximate surface area is 99.9 Å². The Morgan fingerprint density at radius 3 is 2.73 bits per heavy atom. The van der Waals surface area contributed by atoms with E-state index in [4.69, 9.17) is 10.5 Å². The molecule has 0 fully saturated rings. The van der Waals surface area contributed by atoms with Crippen LogP contribution in [0.1, 0.15) is 31.7 Å². The first-order chi connectivity index (χ1) is 7.15. The van der Waals surface area contributed by atoms with Crippen LogP contribution in [0.5, 0.6) is 5.75 Å². The van der Waals surface area contributed by atoms with E-state index >= 15 is 0 Å². The van der Waals surface area contributed by atoms with Crippen LogP contribution >= 0.6 is 15.9 Å². The van der Waals surface area contributed by atoms with Gasteiger partial charge >= 0.3 is 0 Å². The Morgan fingerprint density at radius 2 is 2.13 bits per heavy atom. The van der Waals surface area contributed by atoms with Crippen LogP contribution in [-0.2, 0) is 0 Å². The highest BCUT2D eigenvalue weighted by Gasteiger charge is 2.08. The average Bonchev–Trinajstić information content (AvgIpc) is 2.20. The van der Waals surface area contributed by atoms with Gasteiger partial charge < -0.3 is 10.5 Å². The summed E-state index contributed by atoms with van der Waals surface area (Å²) in [6.45, 7) is 5.69. The van der Waals surface area contributed by atoms with Crippen LogP contribution in [0, 0.1) is 0 Å². The van der Waals surface area contributed by atoms with Crippen molar-refractivity contribution in [3.8, 4) is 5.75 Å². The van der Waals surface area contributed by atoms with Crippen molar-refractivity contribution in [2.75, 3.05) is 13.2 Å². The van der Waals surface area contributed by atoms with Gasteiger partial charge in [0.2, 0.25) is 0 Å². The average molecular weight is 272 g/mol. The monoisotopic (exact) mass is 271 g/mol. The van der Waals surface area contributed by atoms with Crippen molar-refractivity contribution in [3.63, 3.8) is 0 Å². The molecule has 0 saturated heterocycles. The molecule has 84 valence electrons. The summed E-state index contributed by atoms with van der Waals surface area (Å²) >= 11 is 3.47. The Morgan fingerprint density at radius 1 is 1.40 bits per heavy atom. The second kappa shape index (κ2) is 6.13. The lowest BCUT2D eigenvalue weighted by Gasteiger charge is -2.14. The molecule has 0 aliphatic carbocycles. The summed E-state index contributed by atoms with van der Waals surface area (Å²) in [5, 5.41) is 0. The minimum Gasteiger partial charge on any atom is -0.493 e. The second-order valence-corrected chi connectivity index (χ2v) is 4.74. The molecule has 15 heavy (non-hydrogen) atoms. The van der Waals surface area contributed by atoms with Gasteiger partial charge in [-0.3, -0.25) is 0 Å². The number of halogens is 1. The minimum absolute atomic E-state index is 0.468. The quantitative estimate of drug-likeness (QED) is 0.835. The standard InChI is InChI=1S/C12H18BrNO/c1-9(2)11-8-10(13)4-5-12(11)15-7-3-6-14/h4-5,8-9H,3,6-7,14H2,1-2H3. The maximum absolute atomic E-state index is 5.69. The van der Waals surface area contributed by atoms with Crippen molar-refractivity contribution in [1.29, 1.82) is 0 Å². The van der Waals surface area contributed by atoms with Crippen molar-refractivity contribution in [3.05, 3.63) is 28.2 Å². The van der Waals surface area contributed by atoms with E-state index < -0.39 is 0 Å². The fourth-order valence-electron chi connectivity index (χ4n) is 1.37. The van der Waals surface area contributed by atoms with Crippen LogP contribution in [0.4, 0.5) is 0 Å². The Hall–Kier alpha value is -0.540. The smallest absolute Gasteiger partial charge is 0.122 e. The highest BCUT2D eigenvalue weighted by Crippen LogP contribution is 2.29. The van der Waals surface area contributed by atoms with Crippen molar-refractivity contribution < 1.29 is 4.74 Å². The number of hydrogen-bond donors (Lipinski definition) is 1. The molecular formula is C12H18BrNO. The summed E-state index contributed by atoms with van der Waals surface area (Å²) in [5.74, 6) is 1.44. The maximum Gasteiger partial charge on any atom is 0.122 e. The lowest BCUT2D eigenvalue weighted by atomic mass is 10.0. The summed E-state index contributed by atoms with van der Waals surface area (Å²) in [5.41, 5.74) is 6.66. The fraction of sp³-hybridized carbons (Fsp3) is 0.500. The second-order valence-electron chi connectivity index (χ2n) is 3.83. The molecule has 1 aromatic rings. The zero-order chi connectivity index (χ0) is 11.3. The predicted molar refractivity (Wildman–Crippen MR) is 67.4 cm³/mol. The first-order valence-electron chi connectivity index (χ1n) is 5.27. The van der Waals surface area contributed by atoms with Gasteiger partial charge in [0.05, 0.1) is 6.61 Å². The van der Waals surface area contributed by atoms with E-state index in [1.54, 1.807) is 0 Å². The third-order valence-electron chi connectivity index (χ3n) is 2.20. The molecule has 0 aromatic heterocycles. The fourth-order valence-corrected chi connectivity index (χ4v) is 1.75. The third kappa shape index (κ3) is 3.84. The molecule has 0 saturated carbocycles. The highest BCUT2D eigenvalue weighted by atomic mass is 79.9. The molecule has 0 heterocycles. The van der Waals surface area contributed by atoms with Gasteiger partial charge in [-0.1, -0.05) is 29.8 Å². The largest absolute Gasteiger partial charge is 0.493 e. The van der Waals surface area contributed by atoms with Gasteiger partial charge in [-0.05, 0) is 42.6 Å². The van der Waals surface area contributed by atoms with E-state index in [-0.39, 0.29) is 0 Å². The van der Waals surface area contributed by atoms with E-state index in [1.807, 2.05) is 12.1 Å². The van der Waals surface area contributed by atoms with E-state index in [0.717, 1.165) is 16.6 Å². The molecule has 0 amide bonds. The first kappa shape index (κ1) is 12.5.